The lowest BCUT2D eigenvalue weighted by Gasteiger charge is -2.13. The van der Waals surface area contributed by atoms with Crippen LogP contribution < -0.4 is 5.73 Å². The Labute approximate surface area is 108 Å². The molecule has 1 aliphatic rings. The van der Waals surface area contributed by atoms with Gasteiger partial charge in [0.25, 0.3) is 10.0 Å². The number of nitrogens with zero attached hydrogens (tertiary/aromatic N) is 2. The molecular formula is C9H13N3O4S2. The highest BCUT2D eigenvalue weighted by molar-refractivity contribution is 7.91. The van der Waals surface area contributed by atoms with E-state index in [4.69, 9.17) is 5.73 Å². The predicted molar refractivity (Wildman–Crippen MR) is 67.9 cm³/mol. The lowest BCUT2D eigenvalue weighted by Crippen LogP contribution is -2.27. The van der Waals surface area contributed by atoms with E-state index in [9.17, 15) is 18.5 Å². The van der Waals surface area contributed by atoms with Gasteiger partial charge in [-0.05, 0) is 12.3 Å². The van der Waals surface area contributed by atoms with E-state index in [1.807, 2.05) is 6.92 Å². The fourth-order valence-corrected chi connectivity index (χ4v) is 4.83. The number of hydrogen-bond acceptors (Lipinski definition) is 6. The van der Waals surface area contributed by atoms with Gasteiger partial charge in [-0.1, -0.05) is 18.3 Å². The lowest BCUT2D eigenvalue weighted by molar-refractivity contribution is -0.383. The molecular weight excluding hydrogens is 278 g/mol. The van der Waals surface area contributed by atoms with E-state index in [2.05, 4.69) is 0 Å². The number of nitrogens with two attached hydrogens (primary N) is 1. The number of rotatable bonds is 3. The van der Waals surface area contributed by atoms with Gasteiger partial charge in [-0.2, -0.15) is 4.31 Å². The second-order valence-electron chi connectivity index (χ2n) is 4.33. The Balaban J connectivity index is 2.36. The largest absolute Gasteiger partial charge is 0.385 e. The van der Waals surface area contributed by atoms with Crippen molar-refractivity contribution in [3.63, 3.8) is 0 Å². The molecule has 0 radical (unpaired) electrons. The zero-order valence-electron chi connectivity index (χ0n) is 9.70. The van der Waals surface area contributed by atoms with Crippen molar-refractivity contribution in [2.24, 2.45) is 5.92 Å². The highest BCUT2D eigenvalue weighted by Gasteiger charge is 2.33. The summed E-state index contributed by atoms with van der Waals surface area (Å²) in [5.74, 6) is 0.312. The minimum absolute atomic E-state index is 0.0548. The highest BCUT2D eigenvalue weighted by atomic mass is 32.2. The van der Waals surface area contributed by atoms with Crippen LogP contribution in [0.15, 0.2) is 10.3 Å². The maximum Gasteiger partial charge on any atom is 0.304 e. The molecule has 1 aromatic heterocycles. The summed E-state index contributed by atoms with van der Waals surface area (Å²) in [7, 11) is -3.64. The van der Waals surface area contributed by atoms with Crippen LogP contribution in [-0.2, 0) is 10.0 Å². The van der Waals surface area contributed by atoms with E-state index in [0.717, 1.165) is 23.8 Å². The maximum atomic E-state index is 12.2. The van der Waals surface area contributed by atoms with Crippen LogP contribution in [0.3, 0.4) is 0 Å². The third kappa shape index (κ3) is 2.20. The smallest absolute Gasteiger partial charge is 0.304 e. The third-order valence-corrected chi connectivity index (χ3v) is 6.16. The second kappa shape index (κ2) is 4.48. The monoisotopic (exact) mass is 291 g/mol. The number of nitro groups is 1. The van der Waals surface area contributed by atoms with Gasteiger partial charge in [0, 0.05) is 19.2 Å². The zero-order chi connectivity index (χ0) is 13.5. The van der Waals surface area contributed by atoms with E-state index in [1.54, 1.807) is 0 Å². The van der Waals surface area contributed by atoms with Gasteiger partial charge in [0.05, 0.1) is 4.92 Å². The summed E-state index contributed by atoms with van der Waals surface area (Å²) in [4.78, 5) is 9.99. The molecule has 1 aliphatic heterocycles. The normalized spacial score (nSPS) is 21.3. The van der Waals surface area contributed by atoms with Gasteiger partial charge in [0.2, 0.25) is 0 Å². The quantitative estimate of drug-likeness (QED) is 0.666. The Hall–Kier alpha value is -1.19. The van der Waals surface area contributed by atoms with Gasteiger partial charge in [0.15, 0.2) is 5.00 Å². The fourth-order valence-electron chi connectivity index (χ4n) is 1.88. The van der Waals surface area contributed by atoms with Crippen LogP contribution in [0.2, 0.25) is 0 Å². The molecule has 9 heteroatoms. The predicted octanol–water partition coefficient (Wildman–Crippen LogP) is 1.27. The first-order chi connectivity index (χ1) is 8.32. The van der Waals surface area contributed by atoms with Gasteiger partial charge in [-0.15, -0.1) is 0 Å². The van der Waals surface area contributed by atoms with Gasteiger partial charge < -0.3 is 5.73 Å². The molecule has 100 valence electrons. The summed E-state index contributed by atoms with van der Waals surface area (Å²) < 4.78 is 25.8. The fraction of sp³-hybridized carbons (Fsp3) is 0.556. The van der Waals surface area contributed by atoms with Crippen molar-refractivity contribution in [1.82, 2.24) is 4.31 Å². The number of anilines is 1. The molecule has 0 aliphatic carbocycles. The van der Waals surface area contributed by atoms with E-state index in [1.165, 1.54) is 4.31 Å². The Morgan fingerprint density at radius 3 is 2.72 bits per heavy atom. The molecule has 0 spiro atoms. The topological polar surface area (TPSA) is 107 Å². The van der Waals surface area contributed by atoms with Crippen molar-refractivity contribution >= 4 is 32.0 Å². The van der Waals surface area contributed by atoms with Gasteiger partial charge in [-0.25, -0.2) is 8.42 Å². The van der Waals surface area contributed by atoms with Crippen LogP contribution in [0, 0.1) is 16.0 Å². The first-order valence-electron chi connectivity index (χ1n) is 5.36. The Bertz CT molecular complexity index is 581. The summed E-state index contributed by atoms with van der Waals surface area (Å²) in [5.41, 5.74) is 5.12. The van der Waals surface area contributed by atoms with E-state index in [0.29, 0.717) is 19.0 Å². The zero-order valence-corrected chi connectivity index (χ0v) is 11.3. The van der Waals surface area contributed by atoms with Gasteiger partial charge in [0.1, 0.15) is 4.21 Å². The average Bonchev–Trinajstić information content (AvgIpc) is 2.84. The first-order valence-corrected chi connectivity index (χ1v) is 7.62. The molecule has 0 amide bonds. The number of thiophene rings is 1. The highest BCUT2D eigenvalue weighted by Crippen LogP contribution is 2.36. The molecule has 1 atom stereocenters. The standard InChI is InChI=1S/C9H13N3O4S2/c1-6-2-3-11(5-6)18(15,16)8-4-7(12(13)14)9(10)17-8/h4,6H,2-3,5,10H2,1H3. The molecule has 1 fully saturated rings. The Morgan fingerprint density at radius 1 is 1.61 bits per heavy atom. The summed E-state index contributed by atoms with van der Waals surface area (Å²) in [6.45, 7) is 2.88. The molecule has 2 heterocycles. The van der Waals surface area contributed by atoms with Crippen molar-refractivity contribution < 1.29 is 13.3 Å². The number of hydrogen-bond donors (Lipinski definition) is 1. The SMILES string of the molecule is CC1CCN(S(=O)(=O)c2cc([N+](=O)[O-])c(N)s2)C1. The number of sulfonamides is 1. The van der Waals surface area contributed by atoms with Crippen molar-refractivity contribution in [3.8, 4) is 0 Å². The summed E-state index contributed by atoms with van der Waals surface area (Å²) in [6.07, 6.45) is 0.808. The van der Waals surface area contributed by atoms with E-state index >= 15 is 0 Å². The summed E-state index contributed by atoms with van der Waals surface area (Å²) in [5, 5.41) is 10.6. The van der Waals surface area contributed by atoms with Crippen LogP contribution in [0.25, 0.3) is 0 Å². The first kappa shape index (κ1) is 13.2. The van der Waals surface area contributed by atoms with Crippen LogP contribution in [-0.4, -0.2) is 30.7 Å². The molecule has 2 rings (SSSR count). The van der Waals surface area contributed by atoms with Crippen molar-refractivity contribution in [2.75, 3.05) is 18.8 Å². The van der Waals surface area contributed by atoms with Crippen LogP contribution in [0.4, 0.5) is 10.7 Å². The maximum absolute atomic E-state index is 12.2. The average molecular weight is 291 g/mol. The molecule has 1 unspecified atom stereocenters. The molecule has 1 saturated heterocycles. The van der Waals surface area contributed by atoms with E-state index in [-0.39, 0.29) is 14.9 Å². The molecule has 0 bridgehead atoms. The minimum atomic E-state index is -3.64. The summed E-state index contributed by atoms with van der Waals surface area (Å²) in [6, 6.07) is 1.04. The lowest BCUT2D eigenvalue weighted by atomic mass is 10.2. The molecule has 1 aromatic rings. The molecule has 0 saturated carbocycles. The summed E-state index contributed by atoms with van der Waals surface area (Å²) >= 11 is 0.744. The molecule has 18 heavy (non-hydrogen) atoms. The van der Waals surface area contributed by atoms with Crippen LogP contribution in [0.1, 0.15) is 13.3 Å². The van der Waals surface area contributed by atoms with Gasteiger partial charge in [-0.3, -0.25) is 10.1 Å². The van der Waals surface area contributed by atoms with Crippen molar-refractivity contribution in [2.45, 2.75) is 17.6 Å². The third-order valence-electron chi connectivity index (χ3n) is 2.90. The molecule has 2 N–H and O–H groups in total. The van der Waals surface area contributed by atoms with Crippen molar-refractivity contribution in [3.05, 3.63) is 16.2 Å². The van der Waals surface area contributed by atoms with Gasteiger partial charge >= 0.3 is 5.69 Å². The van der Waals surface area contributed by atoms with Crippen LogP contribution in [0.5, 0.6) is 0 Å². The molecule has 7 nitrogen and oxygen atoms in total. The minimum Gasteiger partial charge on any atom is -0.385 e. The number of nitrogen functional groups attached to an aromatic ring is 1. The van der Waals surface area contributed by atoms with Crippen LogP contribution >= 0.6 is 11.3 Å². The second-order valence-corrected chi connectivity index (χ2v) is 7.58. The van der Waals surface area contributed by atoms with E-state index < -0.39 is 14.9 Å². The molecule has 0 aromatic carbocycles. The Kier molecular flexibility index (Phi) is 3.30. The Morgan fingerprint density at radius 2 is 2.28 bits per heavy atom. The van der Waals surface area contributed by atoms with Crippen molar-refractivity contribution in [1.29, 1.82) is 0 Å².